The molecule has 0 aliphatic carbocycles. The predicted octanol–water partition coefficient (Wildman–Crippen LogP) is 0.971. The van der Waals surface area contributed by atoms with Gasteiger partial charge < -0.3 is 10.2 Å². The molecule has 0 radical (unpaired) electrons. The predicted molar refractivity (Wildman–Crippen MR) is 70.0 cm³/mol. The van der Waals surface area contributed by atoms with Crippen molar-refractivity contribution in [3.63, 3.8) is 0 Å². The van der Waals surface area contributed by atoms with Crippen molar-refractivity contribution in [1.82, 2.24) is 30.8 Å². The van der Waals surface area contributed by atoms with E-state index >= 15 is 0 Å². The second-order valence-electron chi connectivity index (χ2n) is 5.24. The molecule has 2 heterocycles. The maximum Gasteiger partial charge on any atom is 0.191 e. The zero-order chi connectivity index (χ0) is 13.0. The first-order valence-electron chi connectivity index (χ1n) is 6.92. The Morgan fingerprint density at radius 2 is 2.33 bits per heavy atom. The van der Waals surface area contributed by atoms with Gasteiger partial charge in [-0.1, -0.05) is 12.1 Å². The number of aromatic nitrogens is 4. The van der Waals surface area contributed by atoms with Crippen molar-refractivity contribution in [1.29, 1.82) is 0 Å². The molecular weight excluding hydrogens is 228 g/mol. The zero-order valence-corrected chi connectivity index (χ0v) is 11.6. The summed E-state index contributed by atoms with van der Waals surface area (Å²) in [6.07, 6.45) is 2.62. The van der Waals surface area contributed by atoms with E-state index in [0.717, 1.165) is 12.4 Å². The summed E-state index contributed by atoms with van der Waals surface area (Å²) in [6, 6.07) is 0.628. The van der Waals surface area contributed by atoms with Crippen LogP contribution in [0.5, 0.6) is 0 Å². The summed E-state index contributed by atoms with van der Waals surface area (Å²) in [5, 5.41) is 17.7. The molecule has 1 aromatic rings. The van der Waals surface area contributed by atoms with Gasteiger partial charge in [0.2, 0.25) is 0 Å². The fourth-order valence-electron chi connectivity index (χ4n) is 2.74. The monoisotopic (exact) mass is 252 g/mol. The van der Waals surface area contributed by atoms with Gasteiger partial charge >= 0.3 is 0 Å². The fraction of sp³-hybridized carbons (Fsp3) is 0.917. The number of tetrazole rings is 1. The molecular formula is C12H24N6. The van der Waals surface area contributed by atoms with E-state index in [1.54, 1.807) is 0 Å². The Labute approximate surface area is 109 Å². The molecule has 3 unspecified atom stereocenters. The topological polar surface area (TPSA) is 69.7 Å². The summed E-state index contributed by atoms with van der Waals surface area (Å²) >= 11 is 0. The number of nitrogens with one attached hydrogen (secondary N) is 2. The van der Waals surface area contributed by atoms with Crippen molar-refractivity contribution < 1.29 is 0 Å². The van der Waals surface area contributed by atoms with E-state index in [4.69, 9.17) is 0 Å². The quantitative estimate of drug-likeness (QED) is 0.817. The van der Waals surface area contributed by atoms with E-state index in [9.17, 15) is 0 Å². The van der Waals surface area contributed by atoms with Gasteiger partial charge in [0.05, 0.1) is 6.04 Å². The fourth-order valence-corrected chi connectivity index (χ4v) is 2.74. The average Bonchev–Trinajstić information content (AvgIpc) is 2.92. The molecule has 1 fully saturated rings. The zero-order valence-electron chi connectivity index (χ0n) is 11.6. The summed E-state index contributed by atoms with van der Waals surface area (Å²) in [5.41, 5.74) is 0. The molecule has 0 amide bonds. The van der Waals surface area contributed by atoms with E-state index in [1.807, 2.05) is 0 Å². The van der Waals surface area contributed by atoms with Crippen LogP contribution < -0.4 is 5.32 Å². The Hall–Kier alpha value is -1.01. The minimum Gasteiger partial charge on any atom is -0.305 e. The van der Waals surface area contributed by atoms with Crippen LogP contribution in [0.1, 0.15) is 45.5 Å². The Morgan fingerprint density at radius 1 is 1.50 bits per heavy atom. The Balaban J connectivity index is 1.85. The van der Waals surface area contributed by atoms with Gasteiger partial charge in [0.1, 0.15) is 0 Å². The molecule has 102 valence electrons. The van der Waals surface area contributed by atoms with Crippen molar-refractivity contribution in [3.05, 3.63) is 5.82 Å². The number of piperidine rings is 1. The lowest BCUT2D eigenvalue weighted by Crippen LogP contribution is -2.45. The van der Waals surface area contributed by atoms with Crippen LogP contribution in [0.25, 0.3) is 0 Å². The SMILES string of the molecule is CCN1CCCC(C(C)NC(C)c2nn[nH]n2)C1. The molecule has 0 saturated carbocycles. The van der Waals surface area contributed by atoms with Gasteiger partial charge in [-0.05, 0) is 45.7 Å². The minimum absolute atomic E-state index is 0.149. The number of rotatable bonds is 5. The van der Waals surface area contributed by atoms with Gasteiger partial charge in [0, 0.05) is 12.6 Å². The third-order valence-corrected chi connectivity index (χ3v) is 3.96. The van der Waals surface area contributed by atoms with E-state index in [1.165, 1.54) is 25.9 Å². The highest BCUT2D eigenvalue weighted by molar-refractivity contribution is 4.89. The van der Waals surface area contributed by atoms with Gasteiger partial charge in [-0.3, -0.25) is 0 Å². The Morgan fingerprint density at radius 3 is 3.00 bits per heavy atom. The van der Waals surface area contributed by atoms with E-state index < -0.39 is 0 Å². The lowest BCUT2D eigenvalue weighted by Gasteiger charge is -2.36. The van der Waals surface area contributed by atoms with E-state index in [-0.39, 0.29) is 6.04 Å². The molecule has 2 N–H and O–H groups in total. The van der Waals surface area contributed by atoms with Crippen LogP contribution in [0.15, 0.2) is 0 Å². The van der Waals surface area contributed by atoms with Gasteiger partial charge in [-0.25, -0.2) is 0 Å². The number of aromatic amines is 1. The highest BCUT2D eigenvalue weighted by atomic mass is 15.5. The molecule has 0 spiro atoms. The molecule has 1 saturated heterocycles. The van der Waals surface area contributed by atoms with Crippen molar-refractivity contribution in [2.75, 3.05) is 19.6 Å². The van der Waals surface area contributed by atoms with Crippen molar-refractivity contribution >= 4 is 0 Å². The van der Waals surface area contributed by atoms with Crippen LogP contribution in [0.4, 0.5) is 0 Å². The van der Waals surface area contributed by atoms with E-state index in [2.05, 4.69) is 51.6 Å². The third-order valence-electron chi connectivity index (χ3n) is 3.96. The molecule has 0 bridgehead atoms. The highest BCUT2D eigenvalue weighted by Crippen LogP contribution is 2.21. The van der Waals surface area contributed by atoms with Crippen LogP contribution >= 0.6 is 0 Å². The molecule has 6 nitrogen and oxygen atoms in total. The molecule has 18 heavy (non-hydrogen) atoms. The van der Waals surface area contributed by atoms with Gasteiger partial charge in [0.25, 0.3) is 0 Å². The molecule has 2 rings (SSSR count). The summed E-state index contributed by atoms with van der Waals surface area (Å²) in [4.78, 5) is 2.53. The third kappa shape index (κ3) is 3.26. The van der Waals surface area contributed by atoms with Gasteiger partial charge in [-0.15, -0.1) is 10.2 Å². The first kappa shape index (κ1) is 13.4. The number of likely N-dealkylation sites (tertiary alicyclic amines) is 1. The standard InChI is InChI=1S/C12H24N6/c1-4-18-7-5-6-11(8-18)9(2)13-10(3)12-14-16-17-15-12/h9-11,13H,4-8H2,1-3H3,(H,14,15,16,17). The molecule has 0 aromatic carbocycles. The molecule has 1 aromatic heterocycles. The minimum atomic E-state index is 0.149. The van der Waals surface area contributed by atoms with Crippen molar-refractivity contribution in [2.45, 2.75) is 45.7 Å². The van der Waals surface area contributed by atoms with Crippen LogP contribution in [-0.2, 0) is 0 Å². The summed E-state index contributed by atoms with van der Waals surface area (Å²) in [6.45, 7) is 10.2. The van der Waals surface area contributed by atoms with Crippen LogP contribution in [0.2, 0.25) is 0 Å². The Kier molecular flexibility index (Phi) is 4.66. The van der Waals surface area contributed by atoms with E-state index in [0.29, 0.717) is 12.0 Å². The largest absolute Gasteiger partial charge is 0.305 e. The lowest BCUT2D eigenvalue weighted by atomic mass is 9.91. The molecule has 1 aliphatic rings. The number of H-pyrrole nitrogens is 1. The summed E-state index contributed by atoms with van der Waals surface area (Å²) in [5.74, 6) is 1.46. The first-order valence-corrected chi connectivity index (χ1v) is 6.92. The van der Waals surface area contributed by atoms with Crippen LogP contribution in [0, 0.1) is 5.92 Å². The summed E-state index contributed by atoms with van der Waals surface area (Å²) in [7, 11) is 0. The number of nitrogens with zero attached hydrogens (tertiary/aromatic N) is 4. The second-order valence-corrected chi connectivity index (χ2v) is 5.24. The lowest BCUT2D eigenvalue weighted by molar-refractivity contribution is 0.153. The average molecular weight is 252 g/mol. The van der Waals surface area contributed by atoms with Gasteiger partial charge in [0.15, 0.2) is 5.82 Å². The van der Waals surface area contributed by atoms with Crippen LogP contribution in [0.3, 0.4) is 0 Å². The number of hydrogen-bond acceptors (Lipinski definition) is 5. The maximum absolute atomic E-state index is 4.03. The summed E-state index contributed by atoms with van der Waals surface area (Å²) < 4.78 is 0. The van der Waals surface area contributed by atoms with Crippen molar-refractivity contribution in [3.8, 4) is 0 Å². The normalized spacial score (nSPS) is 24.9. The Bertz CT molecular complexity index is 338. The molecule has 1 aliphatic heterocycles. The van der Waals surface area contributed by atoms with Gasteiger partial charge in [-0.2, -0.15) is 5.21 Å². The highest BCUT2D eigenvalue weighted by Gasteiger charge is 2.25. The molecule has 3 atom stereocenters. The van der Waals surface area contributed by atoms with Crippen LogP contribution in [-0.4, -0.2) is 51.2 Å². The number of hydrogen-bond donors (Lipinski definition) is 2. The van der Waals surface area contributed by atoms with Crippen molar-refractivity contribution in [2.24, 2.45) is 5.92 Å². The first-order chi connectivity index (χ1) is 8.70. The smallest absolute Gasteiger partial charge is 0.191 e. The molecule has 6 heteroatoms. The maximum atomic E-state index is 4.03. The second kappa shape index (κ2) is 6.24.